The number of hydrogen-bond donors (Lipinski definition) is 2. The summed E-state index contributed by atoms with van der Waals surface area (Å²) in [5.74, 6) is -0.0267. The molecule has 21 heavy (non-hydrogen) atoms. The van der Waals surface area contributed by atoms with Gasteiger partial charge < -0.3 is 10.4 Å². The largest absolute Gasteiger partial charge is 0.396 e. The Labute approximate surface area is 125 Å². The second kappa shape index (κ2) is 7.60. The molecular formula is C18H21NO2. The SMILES string of the molecule is Cc1ccc(CC(=O)NC(CCO)c2ccccc2)cc1. The van der Waals surface area contributed by atoms with Crippen LogP contribution in [0.25, 0.3) is 0 Å². The number of rotatable bonds is 6. The van der Waals surface area contributed by atoms with Crippen molar-refractivity contribution in [1.82, 2.24) is 5.32 Å². The summed E-state index contributed by atoms with van der Waals surface area (Å²) in [4.78, 5) is 12.2. The second-order valence-corrected chi connectivity index (χ2v) is 5.21. The maximum atomic E-state index is 12.2. The van der Waals surface area contributed by atoms with E-state index in [0.29, 0.717) is 12.8 Å². The minimum atomic E-state index is -0.144. The van der Waals surface area contributed by atoms with Crippen molar-refractivity contribution >= 4 is 5.91 Å². The van der Waals surface area contributed by atoms with E-state index in [1.54, 1.807) is 0 Å². The lowest BCUT2D eigenvalue weighted by Gasteiger charge is -2.18. The van der Waals surface area contributed by atoms with Crippen LogP contribution in [0.1, 0.15) is 29.2 Å². The van der Waals surface area contributed by atoms with E-state index in [1.165, 1.54) is 5.56 Å². The third kappa shape index (κ3) is 4.72. The summed E-state index contributed by atoms with van der Waals surface area (Å²) < 4.78 is 0. The van der Waals surface area contributed by atoms with Gasteiger partial charge in [0.05, 0.1) is 12.5 Å². The highest BCUT2D eigenvalue weighted by Crippen LogP contribution is 2.16. The van der Waals surface area contributed by atoms with Crippen molar-refractivity contribution in [2.45, 2.75) is 25.8 Å². The summed E-state index contributed by atoms with van der Waals surface area (Å²) in [6, 6.07) is 17.5. The highest BCUT2D eigenvalue weighted by Gasteiger charge is 2.14. The Hall–Kier alpha value is -2.13. The molecular weight excluding hydrogens is 262 g/mol. The van der Waals surface area contributed by atoms with Crippen LogP contribution in [-0.4, -0.2) is 17.6 Å². The van der Waals surface area contributed by atoms with Crippen molar-refractivity contribution in [2.24, 2.45) is 0 Å². The molecule has 2 aromatic carbocycles. The Kier molecular flexibility index (Phi) is 5.52. The molecule has 2 aromatic rings. The minimum absolute atomic E-state index is 0.0267. The van der Waals surface area contributed by atoms with Gasteiger partial charge in [0, 0.05) is 6.61 Å². The number of amides is 1. The van der Waals surface area contributed by atoms with Crippen LogP contribution >= 0.6 is 0 Å². The number of aliphatic hydroxyl groups is 1. The summed E-state index contributed by atoms with van der Waals surface area (Å²) in [5.41, 5.74) is 3.19. The van der Waals surface area contributed by atoms with E-state index in [1.807, 2.05) is 61.5 Å². The number of carbonyl (C=O) groups excluding carboxylic acids is 1. The molecule has 0 bridgehead atoms. The number of aryl methyl sites for hydroxylation is 1. The van der Waals surface area contributed by atoms with E-state index < -0.39 is 0 Å². The number of aliphatic hydroxyl groups excluding tert-OH is 1. The summed E-state index contributed by atoms with van der Waals surface area (Å²) in [6.07, 6.45) is 0.874. The number of carbonyl (C=O) groups is 1. The lowest BCUT2D eigenvalue weighted by molar-refractivity contribution is -0.121. The van der Waals surface area contributed by atoms with Crippen LogP contribution < -0.4 is 5.32 Å². The normalized spacial score (nSPS) is 11.9. The molecule has 110 valence electrons. The van der Waals surface area contributed by atoms with Gasteiger partial charge in [-0.2, -0.15) is 0 Å². The lowest BCUT2D eigenvalue weighted by atomic mass is 10.0. The summed E-state index contributed by atoms with van der Waals surface area (Å²) >= 11 is 0. The average molecular weight is 283 g/mol. The zero-order valence-corrected chi connectivity index (χ0v) is 12.3. The van der Waals surface area contributed by atoms with Gasteiger partial charge in [0.25, 0.3) is 0 Å². The van der Waals surface area contributed by atoms with Gasteiger partial charge in [-0.3, -0.25) is 4.79 Å². The fourth-order valence-corrected chi connectivity index (χ4v) is 2.27. The van der Waals surface area contributed by atoms with E-state index >= 15 is 0 Å². The molecule has 1 atom stereocenters. The molecule has 0 fully saturated rings. The van der Waals surface area contributed by atoms with Gasteiger partial charge in [-0.05, 0) is 24.5 Å². The first-order chi connectivity index (χ1) is 10.2. The molecule has 2 N–H and O–H groups in total. The maximum Gasteiger partial charge on any atom is 0.224 e. The van der Waals surface area contributed by atoms with Gasteiger partial charge >= 0.3 is 0 Å². The zero-order chi connectivity index (χ0) is 15.1. The van der Waals surface area contributed by atoms with Crippen molar-refractivity contribution in [3.05, 3.63) is 71.3 Å². The van der Waals surface area contributed by atoms with Crippen molar-refractivity contribution < 1.29 is 9.90 Å². The fourth-order valence-electron chi connectivity index (χ4n) is 2.27. The minimum Gasteiger partial charge on any atom is -0.396 e. The van der Waals surface area contributed by atoms with Gasteiger partial charge in [-0.25, -0.2) is 0 Å². The molecule has 2 rings (SSSR count). The van der Waals surface area contributed by atoms with Crippen LogP contribution in [0.5, 0.6) is 0 Å². The van der Waals surface area contributed by atoms with E-state index in [9.17, 15) is 9.90 Å². The smallest absolute Gasteiger partial charge is 0.224 e. The first kappa shape index (κ1) is 15.3. The van der Waals surface area contributed by atoms with Gasteiger partial charge in [0.15, 0.2) is 0 Å². The number of nitrogens with one attached hydrogen (secondary N) is 1. The molecule has 0 spiro atoms. The van der Waals surface area contributed by atoms with Crippen molar-refractivity contribution in [2.75, 3.05) is 6.61 Å². The second-order valence-electron chi connectivity index (χ2n) is 5.21. The molecule has 3 nitrogen and oxygen atoms in total. The van der Waals surface area contributed by atoms with Crippen molar-refractivity contribution in [3.63, 3.8) is 0 Å². The van der Waals surface area contributed by atoms with Gasteiger partial charge in [0.1, 0.15) is 0 Å². The lowest BCUT2D eigenvalue weighted by Crippen LogP contribution is -2.30. The molecule has 0 aliphatic rings. The quantitative estimate of drug-likeness (QED) is 0.856. The molecule has 0 saturated heterocycles. The topological polar surface area (TPSA) is 49.3 Å². The Bertz CT molecular complexity index is 564. The first-order valence-electron chi connectivity index (χ1n) is 7.20. The van der Waals surface area contributed by atoms with Crippen LogP contribution in [0.2, 0.25) is 0 Å². The first-order valence-corrected chi connectivity index (χ1v) is 7.20. The van der Waals surface area contributed by atoms with E-state index in [-0.39, 0.29) is 18.6 Å². The molecule has 0 aromatic heterocycles. The van der Waals surface area contributed by atoms with Crippen molar-refractivity contribution in [3.8, 4) is 0 Å². The predicted molar refractivity (Wildman–Crippen MR) is 83.9 cm³/mol. The van der Waals surface area contributed by atoms with Crippen LogP contribution in [0.3, 0.4) is 0 Å². The summed E-state index contributed by atoms with van der Waals surface area (Å²) in [7, 11) is 0. The molecule has 3 heteroatoms. The van der Waals surface area contributed by atoms with Crippen molar-refractivity contribution in [1.29, 1.82) is 0 Å². The Morgan fingerprint density at radius 3 is 2.38 bits per heavy atom. The highest BCUT2D eigenvalue weighted by molar-refractivity contribution is 5.79. The monoisotopic (exact) mass is 283 g/mol. The maximum absolute atomic E-state index is 12.2. The predicted octanol–water partition coefficient (Wildman–Crippen LogP) is 2.78. The molecule has 0 radical (unpaired) electrons. The Morgan fingerprint density at radius 1 is 1.10 bits per heavy atom. The Morgan fingerprint density at radius 2 is 1.76 bits per heavy atom. The van der Waals surface area contributed by atoms with E-state index in [2.05, 4.69) is 5.32 Å². The average Bonchev–Trinajstić information content (AvgIpc) is 2.50. The standard InChI is InChI=1S/C18H21NO2/c1-14-7-9-15(10-8-14)13-18(21)19-17(11-12-20)16-5-3-2-4-6-16/h2-10,17,20H,11-13H2,1H3,(H,19,21). The molecule has 1 unspecified atom stereocenters. The van der Waals surface area contributed by atoms with Gasteiger partial charge in [-0.15, -0.1) is 0 Å². The van der Waals surface area contributed by atoms with E-state index in [0.717, 1.165) is 11.1 Å². The number of hydrogen-bond acceptors (Lipinski definition) is 2. The van der Waals surface area contributed by atoms with E-state index in [4.69, 9.17) is 0 Å². The third-order valence-electron chi connectivity index (χ3n) is 3.44. The summed E-state index contributed by atoms with van der Waals surface area (Å²) in [5, 5.41) is 12.2. The van der Waals surface area contributed by atoms with Crippen LogP contribution in [0.15, 0.2) is 54.6 Å². The van der Waals surface area contributed by atoms with Gasteiger partial charge in [-0.1, -0.05) is 60.2 Å². The van der Waals surface area contributed by atoms with Gasteiger partial charge in [0.2, 0.25) is 5.91 Å². The third-order valence-corrected chi connectivity index (χ3v) is 3.44. The van der Waals surface area contributed by atoms with Crippen LogP contribution in [-0.2, 0) is 11.2 Å². The molecule has 0 aliphatic carbocycles. The number of benzene rings is 2. The summed E-state index contributed by atoms with van der Waals surface area (Å²) in [6.45, 7) is 2.07. The molecule has 0 aliphatic heterocycles. The van der Waals surface area contributed by atoms with Crippen LogP contribution in [0.4, 0.5) is 0 Å². The fraction of sp³-hybridized carbons (Fsp3) is 0.278. The molecule has 0 saturated carbocycles. The molecule has 1 amide bonds. The zero-order valence-electron chi connectivity index (χ0n) is 12.3. The highest BCUT2D eigenvalue weighted by atomic mass is 16.3. The Balaban J connectivity index is 2.00. The molecule has 0 heterocycles. The van der Waals surface area contributed by atoms with Crippen LogP contribution in [0, 0.1) is 6.92 Å².